The first-order chi connectivity index (χ1) is 22.6. The summed E-state index contributed by atoms with van der Waals surface area (Å²) in [6.45, 7) is 4.22. The zero-order valence-corrected chi connectivity index (χ0v) is 27.0. The minimum absolute atomic E-state index is 0.0692. The monoisotopic (exact) mass is 645 g/mol. The van der Waals surface area contributed by atoms with Gasteiger partial charge in [0.15, 0.2) is 0 Å². The molecule has 0 saturated carbocycles. The number of amides is 2. The molecule has 0 fully saturated rings. The van der Waals surface area contributed by atoms with Gasteiger partial charge in [-0.05, 0) is 60.0 Å². The molecule has 0 radical (unpaired) electrons. The molecular formula is C35H39N3O7S. The third-order valence-electron chi connectivity index (χ3n) is 6.60. The number of benzene rings is 3. The number of fused-ring (bicyclic) bond motifs is 1. The Morgan fingerprint density at radius 1 is 0.826 bits per heavy atom. The molecule has 2 amide bonds. The largest absolute Gasteiger partial charge is 0.382 e. The first-order valence-corrected chi connectivity index (χ1v) is 15.8. The molecule has 0 aromatic heterocycles. The van der Waals surface area contributed by atoms with Crippen molar-refractivity contribution >= 4 is 35.0 Å². The fourth-order valence-corrected chi connectivity index (χ4v) is 5.30. The summed E-state index contributed by atoms with van der Waals surface area (Å²) in [4.78, 5) is 31.0. The number of anilines is 1. The molecule has 10 nitrogen and oxygen atoms in total. The van der Waals surface area contributed by atoms with Crippen LogP contribution in [0.4, 0.5) is 5.69 Å². The molecule has 3 aromatic carbocycles. The minimum atomic E-state index is -0.248. The van der Waals surface area contributed by atoms with Crippen molar-refractivity contribution < 1.29 is 33.3 Å². The standard InChI is InChI=1S/C35H39N3O7S/c1-36-35(40)31-5-3-4-6-33(31)46-29-12-13-30-27(23-29)24-37-32(30)14-9-26-7-10-28(11-8-26)38-34(39)25-45-22-21-44-20-19-43-18-17-42-16-15-41-2/h3-8,10-13,23H,15-22,24-25H2,1-2H3,(H,36,40)(H,38,39). The fourth-order valence-electron chi connectivity index (χ4n) is 4.29. The molecular weight excluding hydrogens is 606 g/mol. The van der Waals surface area contributed by atoms with E-state index in [-0.39, 0.29) is 18.4 Å². The molecule has 0 unspecified atom stereocenters. The Kier molecular flexibility index (Phi) is 14.8. The second-order valence-corrected chi connectivity index (χ2v) is 11.0. The van der Waals surface area contributed by atoms with Crippen molar-refractivity contribution in [3.63, 3.8) is 0 Å². The fraction of sp³-hybridized carbons (Fsp3) is 0.343. The summed E-state index contributed by atoms with van der Waals surface area (Å²) >= 11 is 1.55. The predicted molar refractivity (Wildman–Crippen MR) is 178 cm³/mol. The van der Waals surface area contributed by atoms with Crippen LogP contribution in [0.25, 0.3) is 0 Å². The summed E-state index contributed by atoms with van der Waals surface area (Å²) in [6, 6.07) is 21.0. The van der Waals surface area contributed by atoms with Crippen LogP contribution >= 0.6 is 11.8 Å². The number of carbonyl (C=O) groups excluding carboxylic acids is 2. The van der Waals surface area contributed by atoms with Crippen molar-refractivity contribution in [1.29, 1.82) is 0 Å². The quantitative estimate of drug-likeness (QED) is 0.156. The van der Waals surface area contributed by atoms with Gasteiger partial charge in [0.25, 0.3) is 5.91 Å². The molecule has 0 spiro atoms. The smallest absolute Gasteiger partial charge is 0.252 e. The zero-order chi connectivity index (χ0) is 32.4. The Hall–Kier alpha value is -4.02. The topological polar surface area (TPSA) is 117 Å². The molecule has 242 valence electrons. The highest BCUT2D eigenvalue weighted by molar-refractivity contribution is 7.99. The van der Waals surface area contributed by atoms with Crippen molar-refractivity contribution in [2.75, 3.05) is 78.9 Å². The Labute approximate surface area is 274 Å². The molecule has 4 rings (SSSR count). The number of rotatable bonds is 18. The van der Waals surface area contributed by atoms with Crippen molar-refractivity contribution in [3.8, 4) is 11.8 Å². The predicted octanol–water partition coefficient (Wildman–Crippen LogP) is 4.20. The molecule has 2 N–H and O–H groups in total. The van der Waals surface area contributed by atoms with Gasteiger partial charge < -0.3 is 34.3 Å². The summed E-state index contributed by atoms with van der Waals surface area (Å²) in [7, 11) is 3.26. The van der Waals surface area contributed by atoms with Crippen molar-refractivity contribution in [1.82, 2.24) is 5.32 Å². The van der Waals surface area contributed by atoms with E-state index in [0.29, 0.717) is 70.7 Å². The molecule has 1 aliphatic rings. The van der Waals surface area contributed by atoms with E-state index in [1.54, 1.807) is 38.1 Å². The van der Waals surface area contributed by atoms with Gasteiger partial charge in [-0.3, -0.25) is 14.6 Å². The van der Waals surface area contributed by atoms with E-state index in [9.17, 15) is 9.59 Å². The normalized spacial score (nSPS) is 11.7. The molecule has 3 aromatic rings. The Morgan fingerprint density at radius 3 is 2.20 bits per heavy atom. The number of aliphatic imine (C=N–C) groups is 1. The molecule has 1 heterocycles. The summed E-state index contributed by atoms with van der Waals surface area (Å²) in [5.74, 6) is 6.00. The van der Waals surface area contributed by atoms with Gasteiger partial charge in [-0.15, -0.1) is 0 Å². The number of hydrogen-bond donors (Lipinski definition) is 2. The first kappa shape index (κ1) is 34.8. The van der Waals surface area contributed by atoms with Crippen molar-refractivity contribution in [2.24, 2.45) is 4.99 Å². The third-order valence-corrected chi connectivity index (χ3v) is 7.67. The van der Waals surface area contributed by atoms with E-state index in [2.05, 4.69) is 33.5 Å². The number of ether oxygens (including phenoxy) is 5. The maximum Gasteiger partial charge on any atom is 0.252 e. The maximum absolute atomic E-state index is 12.2. The van der Waals surface area contributed by atoms with Crippen molar-refractivity contribution in [2.45, 2.75) is 16.3 Å². The van der Waals surface area contributed by atoms with Crippen LogP contribution in [0.3, 0.4) is 0 Å². The molecule has 0 atom stereocenters. The van der Waals surface area contributed by atoms with Gasteiger partial charge in [-0.1, -0.05) is 35.9 Å². The number of nitrogens with one attached hydrogen (secondary N) is 2. The van der Waals surface area contributed by atoms with E-state index in [4.69, 9.17) is 23.7 Å². The van der Waals surface area contributed by atoms with Gasteiger partial charge >= 0.3 is 0 Å². The van der Waals surface area contributed by atoms with Crippen LogP contribution in [0.1, 0.15) is 27.0 Å². The average Bonchev–Trinajstić information content (AvgIpc) is 3.48. The molecule has 0 bridgehead atoms. The van der Waals surface area contributed by atoms with Crippen LogP contribution in [0.15, 0.2) is 81.5 Å². The van der Waals surface area contributed by atoms with Crippen molar-refractivity contribution in [3.05, 3.63) is 89.0 Å². The summed E-state index contributed by atoms with van der Waals surface area (Å²) in [6.07, 6.45) is 0. The maximum atomic E-state index is 12.2. The summed E-state index contributed by atoms with van der Waals surface area (Å²) in [5, 5.41) is 5.51. The number of nitrogens with zero attached hydrogens (tertiary/aromatic N) is 1. The summed E-state index contributed by atoms with van der Waals surface area (Å²) < 4.78 is 26.4. The minimum Gasteiger partial charge on any atom is -0.382 e. The lowest BCUT2D eigenvalue weighted by atomic mass is 10.1. The zero-order valence-electron chi connectivity index (χ0n) is 26.1. The highest BCUT2D eigenvalue weighted by Gasteiger charge is 2.16. The molecule has 1 aliphatic heterocycles. The third kappa shape index (κ3) is 11.4. The molecule has 11 heteroatoms. The van der Waals surface area contributed by atoms with Gasteiger partial charge in [-0.2, -0.15) is 0 Å². The van der Waals surface area contributed by atoms with E-state index in [1.165, 1.54) is 0 Å². The van der Waals surface area contributed by atoms with Crippen LogP contribution in [0.2, 0.25) is 0 Å². The van der Waals surface area contributed by atoms with E-state index in [0.717, 1.165) is 32.2 Å². The van der Waals surface area contributed by atoms with Gasteiger partial charge in [0, 0.05) is 40.8 Å². The molecule has 0 saturated heterocycles. The van der Waals surface area contributed by atoms with E-state index < -0.39 is 0 Å². The second kappa shape index (κ2) is 19.5. The van der Waals surface area contributed by atoms with Gasteiger partial charge in [-0.25, -0.2) is 0 Å². The van der Waals surface area contributed by atoms with Gasteiger partial charge in [0.05, 0.1) is 65.0 Å². The Morgan fingerprint density at radius 2 is 1.50 bits per heavy atom. The second-order valence-electron chi connectivity index (χ2n) is 9.92. The number of carbonyl (C=O) groups is 2. The lowest BCUT2D eigenvalue weighted by Gasteiger charge is -2.09. The molecule has 46 heavy (non-hydrogen) atoms. The van der Waals surface area contributed by atoms with Gasteiger partial charge in [0.2, 0.25) is 5.91 Å². The first-order valence-electron chi connectivity index (χ1n) is 15.0. The van der Waals surface area contributed by atoms with Crippen LogP contribution < -0.4 is 10.6 Å². The lowest BCUT2D eigenvalue weighted by molar-refractivity contribution is -0.121. The summed E-state index contributed by atoms with van der Waals surface area (Å²) in [5.41, 5.74) is 4.97. The van der Waals surface area contributed by atoms with Crippen LogP contribution in [0.5, 0.6) is 0 Å². The van der Waals surface area contributed by atoms with Crippen LogP contribution in [-0.2, 0) is 35.0 Å². The lowest BCUT2D eigenvalue weighted by Crippen LogP contribution is -2.20. The Balaban J connectivity index is 1.15. The molecule has 0 aliphatic carbocycles. The number of hydrogen-bond acceptors (Lipinski definition) is 9. The van der Waals surface area contributed by atoms with E-state index in [1.807, 2.05) is 48.5 Å². The Bertz CT molecular complexity index is 1530. The van der Waals surface area contributed by atoms with Gasteiger partial charge in [0.1, 0.15) is 12.3 Å². The van der Waals surface area contributed by atoms with E-state index >= 15 is 0 Å². The highest BCUT2D eigenvalue weighted by atomic mass is 32.2. The van der Waals surface area contributed by atoms with Crippen LogP contribution in [0, 0.1) is 11.8 Å². The number of methoxy groups -OCH3 is 1. The highest BCUT2D eigenvalue weighted by Crippen LogP contribution is 2.33. The van der Waals surface area contributed by atoms with Crippen LogP contribution in [-0.4, -0.2) is 91.1 Å². The SMILES string of the molecule is CNC(=O)c1ccccc1Sc1ccc2c(c1)CN=C2C#Cc1ccc(NC(=O)COCCOCCOCCOCCOC)cc1. The average molecular weight is 646 g/mol.